The van der Waals surface area contributed by atoms with Gasteiger partial charge in [-0.2, -0.15) is 0 Å². The van der Waals surface area contributed by atoms with Gasteiger partial charge in [0.05, 0.1) is 5.52 Å². The third-order valence-corrected chi connectivity index (χ3v) is 4.44. The molecule has 22 heavy (non-hydrogen) atoms. The van der Waals surface area contributed by atoms with Crippen LogP contribution in [0.4, 0.5) is 10.1 Å². The predicted molar refractivity (Wildman–Crippen MR) is 87.5 cm³/mol. The van der Waals surface area contributed by atoms with E-state index in [1.165, 1.54) is 11.3 Å². The summed E-state index contributed by atoms with van der Waals surface area (Å²) in [5.41, 5.74) is 4.45. The van der Waals surface area contributed by atoms with Crippen molar-refractivity contribution in [3.05, 3.63) is 71.7 Å². The summed E-state index contributed by atoms with van der Waals surface area (Å²) in [5, 5.41) is 0.859. The number of halogens is 1. The van der Waals surface area contributed by atoms with Gasteiger partial charge in [0, 0.05) is 35.4 Å². The van der Waals surface area contributed by atoms with E-state index in [9.17, 15) is 4.39 Å². The molecule has 2 nitrogen and oxygen atoms in total. The Hall–Kier alpha value is -2.42. The molecule has 2 heterocycles. The molecule has 1 aliphatic heterocycles. The number of hydrogen-bond acceptors (Lipinski definition) is 2. The summed E-state index contributed by atoms with van der Waals surface area (Å²) in [6.07, 6.45) is 2.81. The molecule has 110 valence electrons. The fraction of sp³-hybridized carbons (Fsp3) is 0.211. The van der Waals surface area contributed by atoms with Crippen molar-refractivity contribution in [2.24, 2.45) is 0 Å². The summed E-state index contributed by atoms with van der Waals surface area (Å²) in [5.74, 6) is -0.198. The average molecular weight is 292 g/mol. The molecule has 0 fully saturated rings. The van der Waals surface area contributed by atoms with Crippen LogP contribution in [0.25, 0.3) is 10.9 Å². The van der Waals surface area contributed by atoms with Crippen LogP contribution in [0.2, 0.25) is 0 Å². The Balaban J connectivity index is 1.78. The summed E-state index contributed by atoms with van der Waals surface area (Å²) in [6, 6.07) is 15.8. The van der Waals surface area contributed by atoms with Gasteiger partial charge in [-0.1, -0.05) is 24.3 Å². The molecule has 1 atom stereocenters. The van der Waals surface area contributed by atoms with Crippen LogP contribution in [-0.4, -0.2) is 11.0 Å². The highest BCUT2D eigenvalue weighted by atomic mass is 19.1. The van der Waals surface area contributed by atoms with Crippen molar-refractivity contribution >= 4 is 16.6 Å². The number of aromatic nitrogens is 1. The molecule has 3 heteroatoms. The lowest BCUT2D eigenvalue weighted by Gasteiger charge is -2.25. The highest BCUT2D eigenvalue weighted by molar-refractivity contribution is 5.82. The lowest BCUT2D eigenvalue weighted by atomic mass is 10.1. The van der Waals surface area contributed by atoms with Gasteiger partial charge in [-0.25, -0.2) is 4.39 Å². The molecule has 2 aromatic carbocycles. The molecule has 0 saturated heterocycles. The van der Waals surface area contributed by atoms with E-state index in [-0.39, 0.29) is 5.82 Å². The number of benzene rings is 2. The summed E-state index contributed by atoms with van der Waals surface area (Å²) in [6.45, 7) is 2.90. The van der Waals surface area contributed by atoms with Gasteiger partial charge in [0.2, 0.25) is 0 Å². The maximum absolute atomic E-state index is 13.9. The smallest absolute Gasteiger partial charge is 0.124 e. The van der Waals surface area contributed by atoms with Crippen LogP contribution in [0.1, 0.15) is 18.1 Å². The molecule has 0 saturated carbocycles. The molecule has 0 unspecified atom stereocenters. The molecule has 0 radical (unpaired) electrons. The summed E-state index contributed by atoms with van der Waals surface area (Å²) >= 11 is 0. The topological polar surface area (TPSA) is 16.1 Å². The lowest BCUT2D eigenvalue weighted by Crippen LogP contribution is -2.28. The van der Waals surface area contributed by atoms with E-state index in [4.69, 9.17) is 0 Å². The van der Waals surface area contributed by atoms with E-state index in [1.54, 1.807) is 18.3 Å². The summed E-state index contributed by atoms with van der Waals surface area (Å²) in [7, 11) is 0. The second-order valence-corrected chi connectivity index (χ2v) is 5.95. The van der Waals surface area contributed by atoms with Crippen LogP contribution >= 0.6 is 0 Å². The highest BCUT2D eigenvalue weighted by Crippen LogP contribution is 2.34. The van der Waals surface area contributed by atoms with Crippen molar-refractivity contribution in [1.29, 1.82) is 0 Å². The van der Waals surface area contributed by atoms with Gasteiger partial charge in [-0.3, -0.25) is 4.98 Å². The van der Waals surface area contributed by atoms with Crippen LogP contribution < -0.4 is 4.90 Å². The standard InChI is InChI=1S/C19H17FN2/c1-13-9-14-5-2-3-7-18(14)22(13)12-16-11-17(20)10-15-6-4-8-21-19(15)16/h2-8,10-11,13H,9,12H2,1H3/t13-/m1/s1. The lowest BCUT2D eigenvalue weighted by molar-refractivity contribution is 0.623. The Bertz CT molecular complexity index is 844. The molecule has 1 aromatic heterocycles. The quantitative estimate of drug-likeness (QED) is 0.699. The van der Waals surface area contributed by atoms with Crippen molar-refractivity contribution in [3.8, 4) is 0 Å². The van der Waals surface area contributed by atoms with Crippen molar-refractivity contribution in [3.63, 3.8) is 0 Å². The fourth-order valence-corrected chi connectivity index (χ4v) is 3.40. The van der Waals surface area contributed by atoms with E-state index in [0.717, 1.165) is 22.9 Å². The number of nitrogens with zero attached hydrogens (tertiary/aromatic N) is 2. The molecule has 0 amide bonds. The average Bonchev–Trinajstić information content (AvgIpc) is 2.83. The van der Waals surface area contributed by atoms with Gasteiger partial charge in [0.1, 0.15) is 5.82 Å². The molecular weight excluding hydrogens is 275 g/mol. The third-order valence-electron chi connectivity index (χ3n) is 4.44. The number of rotatable bonds is 2. The first kappa shape index (κ1) is 13.3. The Morgan fingerprint density at radius 2 is 2.05 bits per heavy atom. The van der Waals surface area contributed by atoms with E-state index >= 15 is 0 Å². The maximum Gasteiger partial charge on any atom is 0.124 e. The van der Waals surface area contributed by atoms with Gasteiger partial charge in [0.25, 0.3) is 0 Å². The summed E-state index contributed by atoms with van der Waals surface area (Å²) in [4.78, 5) is 6.80. The van der Waals surface area contributed by atoms with Gasteiger partial charge in [0.15, 0.2) is 0 Å². The SMILES string of the molecule is C[C@@H]1Cc2ccccc2N1Cc1cc(F)cc2cccnc12. The van der Waals surface area contributed by atoms with Gasteiger partial charge >= 0.3 is 0 Å². The Morgan fingerprint density at radius 1 is 1.18 bits per heavy atom. The number of fused-ring (bicyclic) bond motifs is 2. The van der Waals surface area contributed by atoms with E-state index in [0.29, 0.717) is 12.6 Å². The van der Waals surface area contributed by atoms with Crippen LogP contribution in [0.15, 0.2) is 54.7 Å². The minimum atomic E-state index is -0.198. The molecule has 0 aliphatic carbocycles. The third kappa shape index (κ3) is 2.13. The minimum Gasteiger partial charge on any atom is -0.364 e. The number of pyridine rings is 1. The largest absolute Gasteiger partial charge is 0.364 e. The van der Waals surface area contributed by atoms with Crippen LogP contribution in [0.5, 0.6) is 0 Å². The first-order valence-electron chi connectivity index (χ1n) is 7.60. The van der Waals surface area contributed by atoms with E-state index in [1.807, 2.05) is 12.1 Å². The number of para-hydroxylation sites is 1. The van der Waals surface area contributed by atoms with Crippen LogP contribution in [-0.2, 0) is 13.0 Å². The normalized spacial score (nSPS) is 17.0. The predicted octanol–water partition coefficient (Wildman–Crippen LogP) is 4.33. The van der Waals surface area contributed by atoms with E-state index < -0.39 is 0 Å². The highest BCUT2D eigenvalue weighted by Gasteiger charge is 2.26. The zero-order valence-electron chi connectivity index (χ0n) is 12.5. The Morgan fingerprint density at radius 3 is 2.95 bits per heavy atom. The molecule has 4 rings (SSSR count). The van der Waals surface area contributed by atoms with Crippen molar-refractivity contribution < 1.29 is 4.39 Å². The van der Waals surface area contributed by atoms with E-state index in [2.05, 4.69) is 41.1 Å². The van der Waals surface area contributed by atoms with Crippen LogP contribution in [0.3, 0.4) is 0 Å². The maximum atomic E-state index is 13.9. The fourth-order valence-electron chi connectivity index (χ4n) is 3.40. The van der Waals surface area contributed by atoms with Crippen molar-refractivity contribution in [2.75, 3.05) is 4.90 Å². The van der Waals surface area contributed by atoms with Crippen molar-refractivity contribution in [1.82, 2.24) is 4.98 Å². The Labute approximate surface area is 129 Å². The second kappa shape index (κ2) is 5.09. The minimum absolute atomic E-state index is 0.198. The monoisotopic (exact) mass is 292 g/mol. The van der Waals surface area contributed by atoms with Gasteiger partial charge in [-0.05, 0) is 43.2 Å². The molecule has 3 aromatic rings. The van der Waals surface area contributed by atoms with Gasteiger partial charge in [-0.15, -0.1) is 0 Å². The molecular formula is C19H17FN2. The molecule has 0 bridgehead atoms. The first-order chi connectivity index (χ1) is 10.7. The Kier molecular flexibility index (Phi) is 3.07. The zero-order valence-corrected chi connectivity index (χ0v) is 12.5. The first-order valence-corrected chi connectivity index (χ1v) is 7.60. The summed E-state index contributed by atoms with van der Waals surface area (Å²) < 4.78 is 13.9. The number of anilines is 1. The zero-order chi connectivity index (χ0) is 15.1. The van der Waals surface area contributed by atoms with Gasteiger partial charge < -0.3 is 4.90 Å². The van der Waals surface area contributed by atoms with Crippen LogP contribution in [0, 0.1) is 5.82 Å². The second-order valence-electron chi connectivity index (χ2n) is 5.95. The van der Waals surface area contributed by atoms with Crippen molar-refractivity contribution in [2.45, 2.75) is 25.9 Å². The number of hydrogen-bond donors (Lipinski definition) is 0. The molecule has 0 N–H and O–H groups in total. The molecule has 1 aliphatic rings. The molecule has 0 spiro atoms.